The van der Waals surface area contributed by atoms with Gasteiger partial charge < -0.3 is 15.5 Å². The van der Waals surface area contributed by atoms with Crippen molar-refractivity contribution in [1.82, 2.24) is 10.4 Å². The Morgan fingerprint density at radius 1 is 1.10 bits per heavy atom. The van der Waals surface area contributed by atoms with E-state index in [4.69, 9.17) is 11.6 Å². The number of hydrogen-bond donors (Lipinski definition) is 4. The third-order valence-corrected chi connectivity index (χ3v) is 4.46. The van der Waals surface area contributed by atoms with Gasteiger partial charge in [0.2, 0.25) is 5.91 Å². The summed E-state index contributed by atoms with van der Waals surface area (Å²) in [5, 5.41) is 32.9. The Kier molecular flexibility index (Phi) is 9.32. The Hall–Kier alpha value is -2.89. The maximum atomic E-state index is 12.2. The van der Waals surface area contributed by atoms with Crippen LogP contribution in [-0.2, 0) is 16.0 Å². The lowest BCUT2D eigenvalue weighted by Gasteiger charge is -2.26. The minimum atomic E-state index is -1.75. The lowest BCUT2D eigenvalue weighted by Crippen LogP contribution is -2.47. The molecule has 0 spiro atoms. The summed E-state index contributed by atoms with van der Waals surface area (Å²) in [5.74, 6) is 3.92. The molecule has 4 N–H and O–H groups in total. The molecule has 158 valence electrons. The van der Waals surface area contributed by atoms with Gasteiger partial charge in [-0.2, -0.15) is 0 Å². The van der Waals surface area contributed by atoms with Crippen molar-refractivity contribution < 1.29 is 25.0 Å². The highest BCUT2D eigenvalue weighted by Crippen LogP contribution is 2.10. The maximum Gasteiger partial charge on any atom is 0.275 e. The number of carbonyl (C=O) groups is 2. The number of nitrogens with one attached hydrogen (secondary N) is 1. The van der Waals surface area contributed by atoms with Crippen molar-refractivity contribution in [2.24, 2.45) is 0 Å². The van der Waals surface area contributed by atoms with Gasteiger partial charge in [0.1, 0.15) is 6.10 Å². The third kappa shape index (κ3) is 7.50. The SMILES string of the molecule is O=C(C[C@H](O)C(=O)N(O)[C@H](CO)Cc1ccccc1)NCC#Cc1ccc(Cl)cc1. The summed E-state index contributed by atoms with van der Waals surface area (Å²) in [5.41, 5.74) is 1.53. The highest BCUT2D eigenvalue weighted by molar-refractivity contribution is 6.30. The fraction of sp³-hybridized carbons (Fsp3) is 0.273. The molecule has 2 atom stereocenters. The van der Waals surface area contributed by atoms with Crippen LogP contribution in [0.3, 0.4) is 0 Å². The maximum absolute atomic E-state index is 12.2. The smallest absolute Gasteiger partial charge is 0.275 e. The molecule has 0 aliphatic heterocycles. The second-order valence-corrected chi connectivity index (χ2v) is 6.95. The zero-order valence-electron chi connectivity index (χ0n) is 16.2. The predicted molar refractivity (Wildman–Crippen MR) is 112 cm³/mol. The van der Waals surface area contributed by atoms with Crippen molar-refractivity contribution >= 4 is 23.4 Å². The average Bonchev–Trinajstić information content (AvgIpc) is 2.76. The quantitative estimate of drug-likeness (QED) is 0.287. The van der Waals surface area contributed by atoms with E-state index in [1.54, 1.807) is 48.5 Å². The molecule has 2 rings (SSSR count). The topological polar surface area (TPSA) is 110 Å². The molecule has 0 heterocycles. The summed E-state index contributed by atoms with van der Waals surface area (Å²) in [6.45, 7) is -0.477. The number of amides is 2. The number of rotatable bonds is 8. The summed E-state index contributed by atoms with van der Waals surface area (Å²) in [6, 6.07) is 14.9. The third-order valence-electron chi connectivity index (χ3n) is 4.21. The zero-order valence-corrected chi connectivity index (χ0v) is 16.9. The Labute approximate surface area is 179 Å². The molecule has 2 aromatic rings. The van der Waals surface area contributed by atoms with Gasteiger partial charge in [0.05, 0.1) is 25.6 Å². The van der Waals surface area contributed by atoms with Crippen LogP contribution in [0.2, 0.25) is 5.02 Å². The van der Waals surface area contributed by atoms with E-state index in [2.05, 4.69) is 17.2 Å². The molecular formula is C22H23ClN2O5. The van der Waals surface area contributed by atoms with Crippen LogP contribution in [-0.4, -0.2) is 57.6 Å². The van der Waals surface area contributed by atoms with Crippen LogP contribution in [0.25, 0.3) is 0 Å². The lowest BCUT2D eigenvalue weighted by molar-refractivity contribution is -0.188. The van der Waals surface area contributed by atoms with Gasteiger partial charge >= 0.3 is 0 Å². The average molecular weight is 431 g/mol. The largest absolute Gasteiger partial charge is 0.394 e. The molecule has 0 bridgehead atoms. The molecule has 0 aliphatic carbocycles. The van der Waals surface area contributed by atoms with Crippen molar-refractivity contribution in [1.29, 1.82) is 0 Å². The number of aliphatic hydroxyl groups excluding tert-OH is 2. The molecule has 8 heteroatoms. The standard InChI is InChI=1S/C22H23ClN2O5/c23-18-10-8-16(9-11-18)7-4-12-24-21(28)14-20(27)22(29)25(30)19(15-26)13-17-5-2-1-3-6-17/h1-3,5-6,8-11,19-20,26-27,30H,12-15H2,(H,24,28)/t19-,20-/m0/s1. The van der Waals surface area contributed by atoms with Crippen LogP contribution in [0.1, 0.15) is 17.5 Å². The van der Waals surface area contributed by atoms with Gasteiger partial charge in [0.15, 0.2) is 0 Å². The normalized spacial score (nSPS) is 12.3. The van der Waals surface area contributed by atoms with Crippen molar-refractivity contribution in [3.63, 3.8) is 0 Å². The van der Waals surface area contributed by atoms with Gasteiger partial charge in [0, 0.05) is 10.6 Å². The van der Waals surface area contributed by atoms with E-state index in [9.17, 15) is 25.0 Å². The number of halogens is 1. The highest BCUT2D eigenvalue weighted by atomic mass is 35.5. The lowest BCUT2D eigenvalue weighted by atomic mass is 10.1. The van der Waals surface area contributed by atoms with Crippen LogP contribution in [0.4, 0.5) is 0 Å². The van der Waals surface area contributed by atoms with Crippen LogP contribution in [0.5, 0.6) is 0 Å². The molecule has 2 amide bonds. The summed E-state index contributed by atoms with van der Waals surface area (Å²) >= 11 is 5.79. The summed E-state index contributed by atoms with van der Waals surface area (Å²) in [6.07, 6.45) is -2.09. The molecule has 0 aliphatic rings. The van der Waals surface area contributed by atoms with Crippen molar-refractivity contribution in [3.05, 3.63) is 70.7 Å². The monoisotopic (exact) mass is 430 g/mol. The molecule has 7 nitrogen and oxygen atoms in total. The Balaban J connectivity index is 1.81. The van der Waals surface area contributed by atoms with Gasteiger partial charge in [-0.05, 0) is 36.2 Å². The van der Waals surface area contributed by atoms with Gasteiger partial charge in [-0.1, -0.05) is 53.8 Å². The van der Waals surface area contributed by atoms with Gasteiger partial charge in [-0.15, -0.1) is 0 Å². The number of hydroxylamine groups is 2. The van der Waals surface area contributed by atoms with E-state index in [1.807, 2.05) is 6.07 Å². The number of nitrogens with zero attached hydrogens (tertiary/aromatic N) is 1. The molecule has 2 aromatic carbocycles. The van der Waals surface area contributed by atoms with E-state index in [1.165, 1.54) is 0 Å². The number of aliphatic hydroxyl groups is 2. The molecule has 0 fully saturated rings. The summed E-state index contributed by atoms with van der Waals surface area (Å²) in [7, 11) is 0. The molecule has 30 heavy (non-hydrogen) atoms. The molecule has 0 aromatic heterocycles. The van der Waals surface area contributed by atoms with Crippen LogP contribution >= 0.6 is 11.6 Å². The van der Waals surface area contributed by atoms with Crippen molar-refractivity contribution in [2.75, 3.05) is 13.2 Å². The van der Waals surface area contributed by atoms with E-state index in [0.29, 0.717) is 5.02 Å². The highest BCUT2D eigenvalue weighted by Gasteiger charge is 2.29. The van der Waals surface area contributed by atoms with E-state index < -0.39 is 37.0 Å². The van der Waals surface area contributed by atoms with Crippen molar-refractivity contribution in [2.45, 2.75) is 25.0 Å². The first-order valence-corrected chi connectivity index (χ1v) is 9.64. The first-order valence-electron chi connectivity index (χ1n) is 9.26. The van der Waals surface area contributed by atoms with Crippen LogP contribution < -0.4 is 5.32 Å². The van der Waals surface area contributed by atoms with Gasteiger partial charge in [-0.3, -0.25) is 14.8 Å². The van der Waals surface area contributed by atoms with Crippen LogP contribution in [0, 0.1) is 11.8 Å². The predicted octanol–water partition coefficient (Wildman–Crippen LogP) is 1.38. The molecule has 0 radical (unpaired) electrons. The Morgan fingerprint density at radius 2 is 1.77 bits per heavy atom. The second kappa shape index (κ2) is 12.0. The molecule has 0 saturated carbocycles. The van der Waals surface area contributed by atoms with Crippen molar-refractivity contribution in [3.8, 4) is 11.8 Å². The van der Waals surface area contributed by atoms with Gasteiger partial charge in [0.25, 0.3) is 5.91 Å². The molecule has 0 saturated heterocycles. The van der Waals surface area contributed by atoms with E-state index in [0.717, 1.165) is 11.1 Å². The number of benzene rings is 2. The number of hydrogen-bond acceptors (Lipinski definition) is 5. The van der Waals surface area contributed by atoms with E-state index >= 15 is 0 Å². The summed E-state index contributed by atoms with van der Waals surface area (Å²) < 4.78 is 0. The Bertz CT molecular complexity index is 893. The second-order valence-electron chi connectivity index (χ2n) is 6.51. The first-order chi connectivity index (χ1) is 14.4. The zero-order chi connectivity index (χ0) is 21.9. The number of carbonyl (C=O) groups excluding carboxylic acids is 2. The summed E-state index contributed by atoms with van der Waals surface area (Å²) in [4.78, 5) is 24.1. The minimum Gasteiger partial charge on any atom is -0.394 e. The minimum absolute atomic E-state index is 0.0263. The fourth-order valence-corrected chi connectivity index (χ4v) is 2.73. The van der Waals surface area contributed by atoms with Crippen LogP contribution in [0.15, 0.2) is 54.6 Å². The molecular weight excluding hydrogens is 408 g/mol. The van der Waals surface area contributed by atoms with Gasteiger partial charge in [-0.25, -0.2) is 5.06 Å². The molecule has 0 unspecified atom stereocenters. The first kappa shape index (κ1) is 23.4. The Morgan fingerprint density at radius 3 is 2.40 bits per heavy atom. The van der Waals surface area contributed by atoms with E-state index in [-0.39, 0.29) is 18.0 Å². The fourth-order valence-electron chi connectivity index (χ4n) is 2.60.